The van der Waals surface area contributed by atoms with Gasteiger partial charge < -0.3 is 5.32 Å². The zero-order valence-corrected chi connectivity index (χ0v) is 12.7. The normalized spacial score (nSPS) is 23.8. The summed E-state index contributed by atoms with van der Waals surface area (Å²) in [7, 11) is -3.67. The van der Waals surface area contributed by atoms with Crippen LogP contribution >= 0.6 is 0 Å². The molecule has 0 saturated carbocycles. The van der Waals surface area contributed by atoms with Crippen molar-refractivity contribution in [2.45, 2.75) is 31.6 Å². The number of halogens is 1. The van der Waals surface area contributed by atoms with Gasteiger partial charge in [0.2, 0.25) is 10.0 Å². The first kappa shape index (κ1) is 15.4. The van der Waals surface area contributed by atoms with Gasteiger partial charge in [0.1, 0.15) is 5.82 Å². The van der Waals surface area contributed by atoms with Gasteiger partial charge in [0.25, 0.3) is 0 Å². The molecular formula is C14H21FN2O2S. The van der Waals surface area contributed by atoms with Gasteiger partial charge in [-0.2, -0.15) is 0 Å². The van der Waals surface area contributed by atoms with E-state index in [-0.39, 0.29) is 10.3 Å². The molecule has 0 spiro atoms. The Balaban J connectivity index is 2.13. The maximum Gasteiger partial charge on any atom is 0.240 e. The summed E-state index contributed by atoms with van der Waals surface area (Å²) in [5.74, 6) is -0.540. The van der Waals surface area contributed by atoms with Crippen LogP contribution in [-0.4, -0.2) is 28.1 Å². The van der Waals surface area contributed by atoms with Crippen molar-refractivity contribution in [2.75, 3.05) is 19.6 Å². The minimum Gasteiger partial charge on any atom is -0.316 e. The van der Waals surface area contributed by atoms with Gasteiger partial charge >= 0.3 is 0 Å². The number of nitrogens with one attached hydrogen (secondary N) is 2. The van der Waals surface area contributed by atoms with Crippen LogP contribution in [0.15, 0.2) is 23.1 Å². The fourth-order valence-corrected chi connectivity index (χ4v) is 3.93. The fraction of sp³-hybridized carbons (Fsp3) is 0.571. The summed E-state index contributed by atoms with van der Waals surface area (Å²) in [6, 6.07) is 3.81. The predicted octanol–water partition coefficient (Wildman–Crippen LogP) is 1.80. The molecule has 2 rings (SSSR count). The van der Waals surface area contributed by atoms with Crippen LogP contribution in [0.25, 0.3) is 0 Å². The van der Waals surface area contributed by atoms with Crippen molar-refractivity contribution in [2.24, 2.45) is 5.41 Å². The van der Waals surface area contributed by atoms with Gasteiger partial charge in [0.05, 0.1) is 4.90 Å². The van der Waals surface area contributed by atoms with E-state index in [1.54, 1.807) is 6.92 Å². The molecule has 112 valence electrons. The Hall–Kier alpha value is -0.980. The van der Waals surface area contributed by atoms with E-state index in [1.807, 2.05) is 0 Å². The SMILES string of the molecule is Cc1ccc(F)cc1S(=O)(=O)NCC1(C)CCCNC1. The first-order valence-corrected chi connectivity index (χ1v) is 8.27. The van der Waals surface area contributed by atoms with Gasteiger partial charge in [-0.05, 0) is 49.4 Å². The van der Waals surface area contributed by atoms with Crippen LogP contribution in [0.2, 0.25) is 0 Å². The Bertz CT molecular complexity index is 581. The van der Waals surface area contributed by atoms with Crippen molar-refractivity contribution in [3.63, 3.8) is 0 Å². The third-order valence-corrected chi connectivity index (χ3v) is 5.36. The summed E-state index contributed by atoms with van der Waals surface area (Å²) in [6.07, 6.45) is 2.02. The number of aryl methyl sites for hydroxylation is 1. The molecule has 6 heteroatoms. The third kappa shape index (κ3) is 3.56. The summed E-state index contributed by atoms with van der Waals surface area (Å²) >= 11 is 0. The zero-order valence-electron chi connectivity index (χ0n) is 11.9. The van der Waals surface area contributed by atoms with Gasteiger partial charge in [-0.15, -0.1) is 0 Å². The van der Waals surface area contributed by atoms with Crippen LogP contribution < -0.4 is 10.0 Å². The molecule has 1 atom stereocenters. The van der Waals surface area contributed by atoms with E-state index in [0.717, 1.165) is 32.0 Å². The average molecular weight is 300 g/mol. The highest BCUT2D eigenvalue weighted by Crippen LogP contribution is 2.25. The van der Waals surface area contributed by atoms with Crippen LogP contribution in [-0.2, 0) is 10.0 Å². The lowest BCUT2D eigenvalue weighted by molar-refractivity contribution is 0.238. The van der Waals surface area contributed by atoms with E-state index in [0.29, 0.717) is 12.1 Å². The van der Waals surface area contributed by atoms with Gasteiger partial charge in [-0.3, -0.25) is 0 Å². The van der Waals surface area contributed by atoms with Crippen LogP contribution in [0, 0.1) is 18.2 Å². The molecular weight excluding hydrogens is 279 g/mol. The van der Waals surface area contributed by atoms with Crippen molar-refractivity contribution in [1.29, 1.82) is 0 Å². The second kappa shape index (κ2) is 5.79. The van der Waals surface area contributed by atoms with Crippen molar-refractivity contribution in [1.82, 2.24) is 10.0 Å². The first-order chi connectivity index (χ1) is 9.32. The Morgan fingerprint density at radius 1 is 1.45 bits per heavy atom. The van der Waals surface area contributed by atoms with Crippen molar-refractivity contribution in [3.05, 3.63) is 29.6 Å². The Morgan fingerprint density at radius 3 is 2.85 bits per heavy atom. The molecule has 0 radical (unpaired) electrons. The number of hydrogen-bond acceptors (Lipinski definition) is 3. The predicted molar refractivity (Wildman–Crippen MR) is 76.5 cm³/mol. The summed E-state index contributed by atoms with van der Waals surface area (Å²) < 4.78 is 40.4. The molecule has 1 unspecified atom stereocenters. The van der Waals surface area contributed by atoms with Gasteiger partial charge in [0.15, 0.2) is 0 Å². The molecule has 1 fully saturated rings. The van der Waals surface area contributed by atoms with Gasteiger partial charge in [-0.1, -0.05) is 13.0 Å². The van der Waals surface area contributed by atoms with Gasteiger partial charge in [-0.25, -0.2) is 17.5 Å². The summed E-state index contributed by atoms with van der Waals surface area (Å²) in [5, 5.41) is 3.28. The number of piperidine rings is 1. The van der Waals surface area contributed by atoms with Crippen LogP contribution in [0.5, 0.6) is 0 Å². The Kier molecular flexibility index (Phi) is 4.46. The topological polar surface area (TPSA) is 58.2 Å². The molecule has 1 aliphatic heterocycles. The average Bonchev–Trinajstić information content (AvgIpc) is 2.40. The molecule has 0 aliphatic carbocycles. The number of hydrogen-bond donors (Lipinski definition) is 2. The van der Waals surface area contributed by atoms with E-state index in [9.17, 15) is 12.8 Å². The molecule has 0 aromatic heterocycles. The lowest BCUT2D eigenvalue weighted by atomic mass is 9.83. The molecule has 1 aromatic rings. The quantitative estimate of drug-likeness (QED) is 0.891. The van der Waals surface area contributed by atoms with E-state index in [4.69, 9.17) is 0 Å². The minimum absolute atomic E-state index is 0.0184. The molecule has 0 bridgehead atoms. The molecule has 1 aliphatic rings. The number of rotatable bonds is 4. The second-order valence-electron chi connectivity index (χ2n) is 5.83. The lowest BCUT2D eigenvalue weighted by Crippen LogP contribution is -2.45. The highest BCUT2D eigenvalue weighted by atomic mass is 32.2. The standard InChI is InChI=1S/C14H21FN2O2S/c1-11-4-5-12(15)8-13(11)20(18,19)17-10-14(2)6-3-7-16-9-14/h4-5,8,16-17H,3,6-7,9-10H2,1-2H3. The largest absolute Gasteiger partial charge is 0.316 e. The Labute approximate surface area is 119 Å². The number of benzene rings is 1. The molecule has 2 N–H and O–H groups in total. The molecule has 20 heavy (non-hydrogen) atoms. The second-order valence-corrected chi connectivity index (χ2v) is 7.56. The van der Waals surface area contributed by atoms with Crippen LogP contribution in [0.1, 0.15) is 25.3 Å². The minimum atomic E-state index is -3.67. The first-order valence-electron chi connectivity index (χ1n) is 6.79. The van der Waals surface area contributed by atoms with E-state index < -0.39 is 15.8 Å². The third-order valence-electron chi connectivity index (χ3n) is 3.81. The maximum absolute atomic E-state index is 13.2. The molecule has 4 nitrogen and oxygen atoms in total. The van der Waals surface area contributed by atoms with E-state index in [2.05, 4.69) is 17.0 Å². The smallest absolute Gasteiger partial charge is 0.240 e. The van der Waals surface area contributed by atoms with E-state index >= 15 is 0 Å². The molecule has 1 aromatic carbocycles. The lowest BCUT2D eigenvalue weighted by Gasteiger charge is -2.34. The highest BCUT2D eigenvalue weighted by molar-refractivity contribution is 7.89. The van der Waals surface area contributed by atoms with Crippen molar-refractivity contribution < 1.29 is 12.8 Å². The monoisotopic (exact) mass is 300 g/mol. The zero-order chi connectivity index (χ0) is 14.8. The summed E-state index contributed by atoms with van der Waals surface area (Å²) in [6.45, 7) is 5.85. The van der Waals surface area contributed by atoms with Crippen molar-refractivity contribution in [3.8, 4) is 0 Å². The molecule has 0 amide bonds. The van der Waals surface area contributed by atoms with Crippen molar-refractivity contribution >= 4 is 10.0 Å². The van der Waals surface area contributed by atoms with Crippen LogP contribution in [0.3, 0.4) is 0 Å². The van der Waals surface area contributed by atoms with Crippen LogP contribution in [0.4, 0.5) is 4.39 Å². The summed E-state index contributed by atoms with van der Waals surface area (Å²) in [5.41, 5.74) is 0.456. The maximum atomic E-state index is 13.2. The fourth-order valence-electron chi connectivity index (χ4n) is 2.48. The van der Waals surface area contributed by atoms with E-state index in [1.165, 1.54) is 12.1 Å². The Morgan fingerprint density at radius 2 is 2.20 bits per heavy atom. The summed E-state index contributed by atoms with van der Waals surface area (Å²) in [4.78, 5) is 0.0184. The molecule has 1 heterocycles. The highest BCUT2D eigenvalue weighted by Gasteiger charge is 2.29. The van der Waals surface area contributed by atoms with Gasteiger partial charge in [0, 0.05) is 13.1 Å². The number of sulfonamides is 1. The molecule has 1 saturated heterocycles.